The van der Waals surface area contributed by atoms with Gasteiger partial charge in [-0.1, -0.05) is 6.07 Å². The molecule has 3 nitrogen and oxygen atoms in total. The predicted octanol–water partition coefficient (Wildman–Crippen LogP) is 2.76. The summed E-state index contributed by atoms with van der Waals surface area (Å²) in [6.07, 6.45) is 6.49. The molecule has 0 spiro atoms. The van der Waals surface area contributed by atoms with Crippen LogP contribution in [-0.4, -0.2) is 14.1 Å². The molecule has 0 saturated heterocycles. The van der Waals surface area contributed by atoms with Crippen molar-refractivity contribution >= 4 is 10.9 Å². The number of fused-ring (bicyclic) bond motifs is 1. The highest BCUT2D eigenvalue weighted by Gasteiger charge is 2.06. The molecule has 0 radical (unpaired) electrons. The standard InChI is InChI=1S/C14H14FN3/c1-17-10-7-16-14(17)6-9-18-8-5-11-12(15)3-2-4-13(11)18/h2-5,7-8,10H,6,9H2,1H3. The molecular formula is C14H14FN3. The highest BCUT2D eigenvalue weighted by atomic mass is 19.1. The fourth-order valence-electron chi connectivity index (χ4n) is 2.24. The highest BCUT2D eigenvalue weighted by molar-refractivity contribution is 5.80. The van der Waals surface area contributed by atoms with Crippen molar-refractivity contribution in [2.24, 2.45) is 7.05 Å². The Kier molecular flexibility index (Phi) is 2.63. The topological polar surface area (TPSA) is 22.8 Å². The number of hydrogen-bond donors (Lipinski definition) is 0. The summed E-state index contributed by atoms with van der Waals surface area (Å²) in [6.45, 7) is 0.803. The second kappa shape index (κ2) is 4.29. The molecular weight excluding hydrogens is 229 g/mol. The van der Waals surface area contributed by atoms with Crippen molar-refractivity contribution in [1.29, 1.82) is 0 Å². The van der Waals surface area contributed by atoms with Crippen LogP contribution in [0.25, 0.3) is 10.9 Å². The summed E-state index contributed by atoms with van der Waals surface area (Å²) in [7, 11) is 1.98. The Bertz CT molecular complexity index is 681. The Morgan fingerprint density at radius 1 is 1.22 bits per heavy atom. The molecule has 2 heterocycles. The molecule has 4 heteroatoms. The zero-order chi connectivity index (χ0) is 12.5. The molecule has 0 aliphatic carbocycles. The van der Waals surface area contributed by atoms with Crippen molar-refractivity contribution in [3.05, 3.63) is 54.5 Å². The van der Waals surface area contributed by atoms with E-state index in [2.05, 4.69) is 9.55 Å². The Morgan fingerprint density at radius 2 is 2.11 bits per heavy atom. The summed E-state index contributed by atoms with van der Waals surface area (Å²) in [5.74, 6) is 0.872. The quantitative estimate of drug-likeness (QED) is 0.693. The second-order valence-corrected chi connectivity index (χ2v) is 4.39. The summed E-state index contributed by atoms with van der Waals surface area (Å²) in [6, 6.07) is 7.00. The maximum atomic E-state index is 13.5. The minimum Gasteiger partial charge on any atom is -0.347 e. The van der Waals surface area contributed by atoms with E-state index in [0.717, 1.165) is 24.3 Å². The average molecular weight is 243 g/mol. The second-order valence-electron chi connectivity index (χ2n) is 4.39. The van der Waals surface area contributed by atoms with Crippen LogP contribution in [-0.2, 0) is 20.0 Å². The zero-order valence-corrected chi connectivity index (χ0v) is 10.2. The number of nitrogens with zero attached hydrogens (tertiary/aromatic N) is 3. The molecule has 0 atom stereocenters. The molecule has 0 aliphatic rings. The van der Waals surface area contributed by atoms with Crippen LogP contribution in [0.2, 0.25) is 0 Å². The lowest BCUT2D eigenvalue weighted by Gasteiger charge is -2.05. The Labute approximate surface area is 104 Å². The van der Waals surface area contributed by atoms with Crippen molar-refractivity contribution in [3.8, 4) is 0 Å². The molecule has 1 aromatic carbocycles. The molecule has 0 fully saturated rings. The molecule has 2 aromatic heterocycles. The van der Waals surface area contributed by atoms with Crippen molar-refractivity contribution in [3.63, 3.8) is 0 Å². The van der Waals surface area contributed by atoms with Crippen LogP contribution in [0, 0.1) is 5.82 Å². The fraction of sp³-hybridized carbons (Fsp3) is 0.214. The van der Waals surface area contributed by atoms with Gasteiger partial charge >= 0.3 is 0 Å². The molecule has 18 heavy (non-hydrogen) atoms. The lowest BCUT2D eigenvalue weighted by Crippen LogP contribution is -2.04. The molecule has 0 unspecified atom stereocenters. The van der Waals surface area contributed by atoms with E-state index < -0.39 is 0 Å². The molecule has 0 amide bonds. The van der Waals surface area contributed by atoms with Crippen LogP contribution in [0.3, 0.4) is 0 Å². The van der Waals surface area contributed by atoms with Crippen LogP contribution < -0.4 is 0 Å². The van der Waals surface area contributed by atoms with Gasteiger partial charge in [0.05, 0.1) is 5.52 Å². The van der Waals surface area contributed by atoms with Crippen molar-refractivity contribution < 1.29 is 4.39 Å². The number of aromatic nitrogens is 3. The monoisotopic (exact) mass is 243 g/mol. The van der Waals surface area contributed by atoms with Gasteiger partial charge < -0.3 is 9.13 Å². The van der Waals surface area contributed by atoms with Gasteiger partial charge in [0.2, 0.25) is 0 Å². The average Bonchev–Trinajstić information content (AvgIpc) is 2.94. The SMILES string of the molecule is Cn1ccnc1CCn1ccc2c(F)cccc21. The van der Waals surface area contributed by atoms with Gasteiger partial charge in [-0.3, -0.25) is 0 Å². The number of rotatable bonds is 3. The van der Waals surface area contributed by atoms with E-state index in [1.165, 1.54) is 6.07 Å². The largest absolute Gasteiger partial charge is 0.347 e. The minimum atomic E-state index is -0.164. The molecule has 0 bridgehead atoms. The van der Waals surface area contributed by atoms with E-state index in [4.69, 9.17) is 0 Å². The van der Waals surface area contributed by atoms with Crippen molar-refractivity contribution in [2.45, 2.75) is 13.0 Å². The van der Waals surface area contributed by atoms with Crippen LogP contribution in [0.4, 0.5) is 4.39 Å². The minimum absolute atomic E-state index is 0.164. The molecule has 0 aliphatic heterocycles. The van der Waals surface area contributed by atoms with E-state index in [0.29, 0.717) is 5.39 Å². The van der Waals surface area contributed by atoms with Gasteiger partial charge in [-0.05, 0) is 18.2 Å². The first-order chi connectivity index (χ1) is 8.75. The number of benzene rings is 1. The lowest BCUT2D eigenvalue weighted by atomic mass is 10.2. The molecule has 3 rings (SSSR count). The Balaban J connectivity index is 1.87. The third kappa shape index (κ3) is 1.79. The smallest absolute Gasteiger partial charge is 0.132 e. The number of halogens is 1. The number of aryl methyl sites for hydroxylation is 3. The van der Waals surface area contributed by atoms with E-state index in [-0.39, 0.29) is 5.82 Å². The van der Waals surface area contributed by atoms with E-state index in [1.807, 2.05) is 36.1 Å². The summed E-state index contributed by atoms with van der Waals surface area (Å²) < 4.78 is 17.6. The Hall–Kier alpha value is -2.10. The summed E-state index contributed by atoms with van der Waals surface area (Å²) in [5, 5.41) is 0.678. The first-order valence-corrected chi connectivity index (χ1v) is 5.95. The van der Waals surface area contributed by atoms with Crippen LogP contribution in [0.5, 0.6) is 0 Å². The summed E-state index contributed by atoms with van der Waals surface area (Å²) >= 11 is 0. The van der Waals surface area contributed by atoms with E-state index in [1.54, 1.807) is 12.3 Å². The van der Waals surface area contributed by atoms with Crippen LogP contribution in [0.1, 0.15) is 5.82 Å². The molecule has 0 N–H and O–H groups in total. The zero-order valence-electron chi connectivity index (χ0n) is 10.2. The maximum absolute atomic E-state index is 13.5. The van der Waals surface area contributed by atoms with Gasteiger partial charge in [0.15, 0.2) is 0 Å². The maximum Gasteiger partial charge on any atom is 0.132 e. The summed E-state index contributed by atoms with van der Waals surface area (Å²) in [5.41, 5.74) is 0.934. The van der Waals surface area contributed by atoms with Gasteiger partial charge in [-0.2, -0.15) is 0 Å². The van der Waals surface area contributed by atoms with Crippen molar-refractivity contribution in [2.75, 3.05) is 0 Å². The third-order valence-corrected chi connectivity index (χ3v) is 3.26. The van der Waals surface area contributed by atoms with Crippen molar-refractivity contribution in [1.82, 2.24) is 14.1 Å². The third-order valence-electron chi connectivity index (χ3n) is 3.26. The van der Waals surface area contributed by atoms with Crippen LogP contribution in [0.15, 0.2) is 42.9 Å². The Morgan fingerprint density at radius 3 is 2.89 bits per heavy atom. The highest BCUT2D eigenvalue weighted by Crippen LogP contribution is 2.19. The van der Waals surface area contributed by atoms with Gasteiger partial charge in [-0.25, -0.2) is 9.37 Å². The van der Waals surface area contributed by atoms with E-state index in [9.17, 15) is 4.39 Å². The first kappa shape index (κ1) is 11.0. The van der Waals surface area contributed by atoms with E-state index >= 15 is 0 Å². The number of imidazole rings is 1. The summed E-state index contributed by atoms with van der Waals surface area (Å²) in [4.78, 5) is 4.29. The van der Waals surface area contributed by atoms with Gasteiger partial charge in [0.25, 0.3) is 0 Å². The molecule has 0 saturated carbocycles. The first-order valence-electron chi connectivity index (χ1n) is 5.95. The van der Waals surface area contributed by atoms with Gasteiger partial charge in [0.1, 0.15) is 11.6 Å². The number of hydrogen-bond acceptors (Lipinski definition) is 1. The van der Waals surface area contributed by atoms with Gasteiger partial charge in [-0.15, -0.1) is 0 Å². The predicted molar refractivity (Wildman–Crippen MR) is 68.8 cm³/mol. The molecule has 92 valence electrons. The van der Waals surface area contributed by atoms with Gasteiger partial charge in [0, 0.05) is 44.0 Å². The normalized spacial score (nSPS) is 11.2. The fourth-order valence-corrected chi connectivity index (χ4v) is 2.24. The lowest BCUT2D eigenvalue weighted by molar-refractivity contribution is 0.638. The van der Waals surface area contributed by atoms with Crippen LogP contribution >= 0.6 is 0 Å². The molecule has 3 aromatic rings.